The molecule has 2 aliphatic heterocycles. The van der Waals surface area contributed by atoms with Crippen molar-refractivity contribution in [1.82, 2.24) is 9.80 Å². The van der Waals surface area contributed by atoms with E-state index in [1.54, 1.807) is 0 Å². The minimum atomic E-state index is 0.953. The van der Waals surface area contributed by atoms with E-state index in [9.17, 15) is 0 Å². The molecule has 2 saturated heterocycles. The Kier molecular flexibility index (Phi) is 5.57. The van der Waals surface area contributed by atoms with Gasteiger partial charge in [-0.1, -0.05) is 24.4 Å². The highest BCUT2D eigenvalue weighted by Gasteiger charge is 2.13. The summed E-state index contributed by atoms with van der Waals surface area (Å²) in [5, 5.41) is 0. The van der Waals surface area contributed by atoms with Gasteiger partial charge in [0, 0.05) is 26.2 Å². The van der Waals surface area contributed by atoms with Crippen molar-refractivity contribution in [3.05, 3.63) is 12.2 Å². The third-order valence-electron chi connectivity index (χ3n) is 3.70. The predicted octanol–water partition coefficient (Wildman–Crippen LogP) is 3.17. The van der Waals surface area contributed by atoms with E-state index in [0.29, 0.717) is 0 Å². The summed E-state index contributed by atoms with van der Waals surface area (Å²) in [5.74, 6) is 0. The third-order valence-corrected chi connectivity index (χ3v) is 4.49. The van der Waals surface area contributed by atoms with Gasteiger partial charge in [0.2, 0.25) is 0 Å². The van der Waals surface area contributed by atoms with Crippen LogP contribution in [0.5, 0.6) is 0 Å². The van der Waals surface area contributed by atoms with Gasteiger partial charge in [0.05, 0.1) is 0 Å². The fourth-order valence-corrected chi connectivity index (χ4v) is 3.08. The molecule has 0 spiro atoms. The number of likely N-dealkylation sites (tertiary alicyclic amines) is 2. The molecule has 0 saturated carbocycles. The van der Waals surface area contributed by atoms with E-state index in [1.165, 1.54) is 38.5 Å². The molecule has 2 aliphatic rings. The zero-order valence-corrected chi connectivity index (χ0v) is 12.6. The highest BCUT2D eigenvalue weighted by molar-refractivity contribution is 7.81. The molecule has 0 unspecified atom stereocenters. The van der Waals surface area contributed by atoms with Gasteiger partial charge in [-0.3, -0.25) is 0 Å². The zero-order valence-electron chi connectivity index (χ0n) is 10.9. The Hall–Kier alpha value is -0.480. The lowest BCUT2D eigenvalue weighted by molar-refractivity contribution is 0.347. The molecule has 0 aromatic rings. The minimum absolute atomic E-state index is 0.953. The van der Waals surface area contributed by atoms with Crippen LogP contribution >= 0.6 is 24.4 Å². The topological polar surface area (TPSA) is 6.48 Å². The fourth-order valence-electron chi connectivity index (χ4n) is 2.58. The van der Waals surface area contributed by atoms with E-state index in [-0.39, 0.29) is 0 Å². The van der Waals surface area contributed by atoms with Gasteiger partial charge in [-0.25, -0.2) is 0 Å². The summed E-state index contributed by atoms with van der Waals surface area (Å²) >= 11 is 10.9. The number of piperidine rings is 2. The highest BCUT2D eigenvalue weighted by atomic mass is 32.1. The quantitative estimate of drug-likeness (QED) is 0.567. The molecule has 0 N–H and O–H groups in total. The van der Waals surface area contributed by atoms with Crippen molar-refractivity contribution < 1.29 is 0 Å². The van der Waals surface area contributed by atoms with Gasteiger partial charge in [-0.05, 0) is 50.7 Å². The van der Waals surface area contributed by atoms with Crippen LogP contribution in [0.4, 0.5) is 0 Å². The Morgan fingerprint density at radius 3 is 1.28 bits per heavy atom. The number of hydrogen-bond acceptors (Lipinski definition) is 2. The first-order valence-electron chi connectivity index (χ1n) is 7.03. The normalized spacial score (nSPS) is 21.3. The molecule has 100 valence electrons. The van der Waals surface area contributed by atoms with Crippen molar-refractivity contribution in [2.45, 2.75) is 38.5 Å². The molecule has 0 aromatic heterocycles. The standard InChI is InChI=1S/C14H22N2S2/c17-13(15-9-3-1-4-10-15)7-8-14(18)16-11-5-2-6-12-16/h7-8H,1-6,9-12H2/b8-7+. The van der Waals surface area contributed by atoms with Crippen molar-refractivity contribution in [2.24, 2.45) is 0 Å². The number of thiocarbonyl (C=S) groups is 2. The summed E-state index contributed by atoms with van der Waals surface area (Å²) in [4.78, 5) is 6.51. The Morgan fingerprint density at radius 1 is 0.611 bits per heavy atom. The second kappa shape index (κ2) is 7.19. The maximum Gasteiger partial charge on any atom is 0.101 e. The largest absolute Gasteiger partial charge is 0.363 e. The van der Waals surface area contributed by atoms with E-state index in [4.69, 9.17) is 24.4 Å². The highest BCUT2D eigenvalue weighted by Crippen LogP contribution is 2.12. The third kappa shape index (κ3) is 4.02. The molecule has 0 amide bonds. The average Bonchev–Trinajstić information content (AvgIpc) is 2.46. The summed E-state index contributed by atoms with van der Waals surface area (Å²) in [7, 11) is 0. The molecule has 0 aliphatic carbocycles. The number of hydrogen-bond donors (Lipinski definition) is 0. The summed E-state index contributed by atoms with van der Waals surface area (Å²) in [6, 6.07) is 0. The van der Waals surface area contributed by atoms with Gasteiger partial charge >= 0.3 is 0 Å². The van der Waals surface area contributed by atoms with Gasteiger partial charge in [0.15, 0.2) is 0 Å². The molecule has 4 heteroatoms. The summed E-state index contributed by atoms with van der Waals surface area (Å²) in [5.41, 5.74) is 0. The Morgan fingerprint density at radius 2 is 0.944 bits per heavy atom. The van der Waals surface area contributed by atoms with Crippen LogP contribution in [0.15, 0.2) is 12.2 Å². The lowest BCUT2D eigenvalue weighted by Crippen LogP contribution is -2.35. The van der Waals surface area contributed by atoms with Crippen LogP contribution in [0.3, 0.4) is 0 Å². The first kappa shape index (κ1) is 13.9. The number of nitrogens with zero attached hydrogens (tertiary/aromatic N) is 2. The second-order valence-corrected chi connectivity index (χ2v) is 5.94. The summed E-state index contributed by atoms with van der Waals surface area (Å²) < 4.78 is 0. The molecule has 2 rings (SSSR count). The van der Waals surface area contributed by atoms with Crippen LogP contribution in [-0.4, -0.2) is 46.0 Å². The minimum Gasteiger partial charge on any atom is -0.363 e. The summed E-state index contributed by atoms with van der Waals surface area (Å²) in [6.07, 6.45) is 11.8. The Balaban J connectivity index is 1.81. The lowest BCUT2D eigenvalue weighted by atomic mass is 10.1. The molecular formula is C14H22N2S2. The van der Waals surface area contributed by atoms with E-state index in [1.807, 2.05) is 12.2 Å². The number of rotatable bonds is 2. The fraction of sp³-hybridized carbons (Fsp3) is 0.714. The Bertz CT molecular complexity index is 295. The molecule has 0 radical (unpaired) electrons. The first-order valence-corrected chi connectivity index (χ1v) is 7.85. The molecule has 2 heterocycles. The van der Waals surface area contributed by atoms with Crippen LogP contribution in [0.2, 0.25) is 0 Å². The van der Waals surface area contributed by atoms with Crippen molar-refractivity contribution in [1.29, 1.82) is 0 Å². The lowest BCUT2D eigenvalue weighted by Gasteiger charge is -2.29. The van der Waals surface area contributed by atoms with Crippen LogP contribution in [0, 0.1) is 0 Å². The van der Waals surface area contributed by atoms with Crippen molar-refractivity contribution >= 4 is 34.4 Å². The van der Waals surface area contributed by atoms with Crippen LogP contribution < -0.4 is 0 Å². The van der Waals surface area contributed by atoms with Gasteiger partial charge in [0.25, 0.3) is 0 Å². The van der Waals surface area contributed by atoms with Gasteiger partial charge in [-0.2, -0.15) is 0 Å². The maximum atomic E-state index is 5.45. The van der Waals surface area contributed by atoms with Crippen molar-refractivity contribution in [3.8, 4) is 0 Å². The van der Waals surface area contributed by atoms with Crippen LogP contribution in [0.1, 0.15) is 38.5 Å². The molecule has 2 fully saturated rings. The first-order chi connectivity index (χ1) is 8.77. The zero-order chi connectivity index (χ0) is 12.8. The van der Waals surface area contributed by atoms with E-state index in [2.05, 4.69) is 9.80 Å². The SMILES string of the molecule is S=C(/C=C/C(=S)N1CCCCC1)N1CCCCC1. The predicted molar refractivity (Wildman–Crippen MR) is 85.2 cm³/mol. The van der Waals surface area contributed by atoms with Crippen LogP contribution in [-0.2, 0) is 0 Å². The van der Waals surface area contributed by atoms with Crippen LogP contribution in [0.25, 0.3) is 0 Å². The van der Waals surface area contributed by atoms with E-state index in [0.717, 1.165) is 36.2 Å². The smallest absolute Gasteiger partial charge is 0.101 e. The van der Waals surface area contributed by atoms with E-state index < -0.39 is 0 Å². The molecule has 0 atom stereocenters. The average molecular weight is 282 g/mol. The molecule has 18 heavy (non-hydrogen) atoms. The maximum absolute atomic E-state index is 5.45. The second-order valence-electron chi connectivity index (χ2n) is 5.11. The molecule has 0 bridgehead atoms. The van der Waals surface area contributed by atoms with Gasteiger partial charge in [0.1, 0.15) is 9.98 Å². The molecule has 0 aromatic carbocycles. The molecule has 2 nitrogen and oxygen atoms in total. The molecular weight excluding hydrogens is 260 g/mol. The summed E-state index contributed by atoms with van der Waals surface area (Å²) in [6.45, 7) is 4.44. The van der Waals surface area contributed by atoms with Crippen molar-refractivity contribution in [3.63, 3.8) is 0 Å². The van der Waals surface area contributed by atoms with Gasteiger partial charge < -0.3 is 9.80 Å². The monoisotopic (exact) mass is 282 g/mol. The van der Waals surface area contributed by atoms with E-state index >= 15 is 0 Å². The van der Waals surface area contributed by atoms with Gasteiger partial charge in [-0.15, -0.1) is 0 Å². The van der Waals surface area contributed by atoms with Crippen molar-refractivity contribution in [2.75, 3.05) is 26.2 Å². The Labute approximate surface area is 121 Å².